The number of aromatic nitrogens is 2. The zero-order valence-electron chi connectivity index (χ0n) is 12.8. The molecular weight excluding hydrogens is 333 g/mol. The molecule has 0 amide bonds. The Kier molecular flexibility index (Phi) is 4.71. The van der Waals surface area contributed by atoms with E-state index in [1.54, 1.807) is 6.07 Å². The Bertz CT molecular complexity index is 647. The number of hydrogen-bond donors (Lipinski definition) is 1. The van der Waals surface area contributed by atoms with Crippen LogP contribution in [0.5, 0.6) is 0 Å². The third-order valence-electron chi connectivity index (χ3n) is 3.29. The molecular formula is C16H21BrFN3. The first-order valence-electron chi connectivity index (χ1n) is 7.12. The van der Waals surface area contributed by atoms with Gasteiger partial charge < -0.3 is 10.3 Å². The molecule has 114 valence electrons. The standard InChI is InChI=1S/C16H21BrFN3/c1-9(2)8-21-15(19)14(20-16(21)10(3)4)11-5-6-12(17)13(18)7-11/h5-7,9-10H,8,19H2,1-4H3. The van der Waals surface area contributed by atoms with Crippen LogP contribution >= 0.6 is 15.9 Å². The van der Waals surface area contributed by atoms with Gasteiger partial charge in [-0.2, -0.15) is 0 Å². The molecule has 0 saturated heterocycles. The molecule has 1 aromatic carbocycles. The van der Waals surface area contributed by atoms with Crippen molar-refractivity contribution in [2.75, 3.05) is 5.73 Å². The number of nitrogen functional groups attached to an aromatic ring is 1. The molecule has 5 heteroatoms. The predicted octanol–water partition coefficient (Wildman–Crippen LogP) is 4.81. The van der Waals surface area contributed by atoms with Gasteiger partial charge >= 0.3 is 0 Å². The van der Waals surface area contributed by atoms with Gasteiger partial charge in [-0.25, -0.2) is 9.37 Å². The van der Waals surface area contributed by atoms with Crippen LogP contribution in [0.25, 0.3) is 11.3 Å². The van der Waals surface area contributed by atoms with Gasteiger partial charge in [0.05, 0.1) is 4.47 Å². The fourth-order valence-electron chi connectivity index (χ4n) is 2.34. The molecule has 0 aliphatic heterocycles. The molecule has 0 aliphatic carbocycles. The van der Waals surface area contributed by atoms with Crippen molar-refractivity contribution >= 4 is 21.7 Å². The summed E-state index contributed by atoms with van der Waals surface area (Å²) in [5.41, 5.74) is 7.64. The van der Waals surface area contributed by atoms with Crippen molar-refractivity contribution in [2.24, 2.45) is 5.92 Å². The lowest BCUT2D eigenvalue weighted by Crippen LogP contribution is -2.12. The van der Waals surface area contributed by atoms with Crippen molar-refractivity contribution in [3.63, 3.8) is 0 Å². The summed E-state index contributed by atoms with van der Waals surface area (Å²) in [7, 11) is 0. The van der Waals surface area contributed by atoms with E-state index in [9.17, 15) is 4.39 Å². The second-order valence-corrected chi connectivity index (χ2v) is 6.85. The third-order valence-corrected chi connectivity index (χ3v) is 3.94. The number of hydrogen-bond acceptors (Lipinski definition) is 2. The second kappa shape index (κ2) is 6.18. The van der Waals surface area contributed by atoms with E-state index in [2.05, 4.69) is 48.6 Å². The number of nitrogens with two attached hydrogens (primary N) is 1. The topological polar surface area (TPSA) is 43.8 Å². The van der Waals surface area contributed by atoms with E-state index in [-0.39, 0.29) is 11.7 Å². The largest absolute Gasteiger partial charge is 0.383 e. The lowest BCUT2D eigenvalue weighted by Gasteiger charge is -2.14. The number of benzene rings is 1. The second-order valence-electron chi connectivity index (χ2n) is 5.99. The van der Waals surface area contributed by atoms with Gasteiger partial charge in [0.2, 0.25) is 0 Å². The summed E-state index contributed by atoms with van der Waals surface area (Å²) in [6.07, 6.45) is 0. The molecule has 0 atom stereocenters. The monoisotopic (exact) mass is 353 g/mol. The molecule has 1 heterocycles. The van der Waals surface area contributed by atoms with Crippen molar-refractivity contribution in [2.45, 2.75) is 40.2 Å². The molecule has 0 spiro atoms. The molecule has 0 radical (unpaired) electrons. The average Bonchev–Trinajstić information content (AvgIpc) is 2.70. The highest BCUT2D eigenvalue weighted by Crippen LogP contribution is 2.31. The van der Waals surface area contributed by atoms with Gasteiger partial charge in [-0.15, -0.1) is 0 Å². The number of anilines is 1. The maximum absolute atomic E-state index is 13.8. The summed E-state index contributed by atoms with van der Waals surface area (Å²) in [5.74, 6) is 1.97. The Balaban J connectivity index is 2.56. The molecule has 3 nitrogen and oxygen atoms in total. The van der Waals surface area contributed by atoms with Crippen molar-refractivity contribution < 1.29 is 4.39 Å². The van der Waals surface area contributed by atoms with E-state index in [4.69, 9.17) is 5.73 Å². The Labute approximate surface area is 133 Å². The van der Waals surface area contributed by atoms with E-state index < -0.39 is 0 Å². The summed E-state index contributed by atoms with van der Waals surface area (Å²) in [6, 6.07) is 4.98. The van der Waals surface area contributed by atoms with Crippen LogP contribution in [0.1, 0.15) is 39.4 Å². The third kappa shape index (κ3) is 3.28. The number of rotatable bonds is 4. The zero-order valence-corrected chi connectivity index (χ0v) is 14.4. The molecule has 0 bridgehead atoms. The molecule has 0 aliphatic rings. The van der Waals surface area contributed by atoms with Gasteiger partial charge in [0.1, 0.15) is 23.2 Å². The molecule has 21 heavy (non-hydrogen) atoms. The van der Waals surface area contributed by atoms with Gasteiger partial charge in [0.15, 0.2) is 0 Å². The zero-order chi connectivity index (χ0) is 15.7. The summed E-state index contributed by atoms with van der Waals surface area (Å²) >= 11 is 3.16. The highest BCUT2D eigenvalue weighted by Gasteiger charge is 2.19. The van der Waals surface area contributed by atoms with E-state index in [1.807, 2.05) is 10.6 Å². The van der Waals surface area contributed by atoms with Crippen LogP contribution in [-0.2, 0) is 6.54 Å². The smallest absolute Gasteiger partial charge is 0.138 e. The lowest BCUT2D eigenvalue weighted by molar-refractivity contribution is 0.502. The van der Waals surface area contributed by atoms with Crippen LogP contribution in [0.2, 0.25) is 0 Å². The van der Waals surface area contributed by atoms with Crippen LogP contribution < -0.4 is 5.73 Å². The summed E-state index contributed by atoms with van der Waals surface area (Å²) < 4.78 is 16.2. The Hall–Kier alpha value is -1.36. The van der Waals surface area contributed by atoms with Gasteiger partial charge in [-0.1, -0.05) is 33.8 Å². The maximum Gasteiger partial charge on any atom is 0.138 e. The first kappa shape index (κ1) is 16.0. The SMILES string of the molecule is CC(C)Cn1c(C(C)C)nc(-c2ccc(Br)c(F)c2)c1N. The molecule has 2 N–H and O–H groups in total. The number of imidazole rings is 1. The molecule has 0 saturated carbocycles. The lowest BCUT2D eigenvalue weighted by atomic mass is 10.1. The van der Waals surface area contributed by atoms with Crippen molar-refractivity contribution in [1.82, 2.24) is 9.55 Å². The van der Waals surface area contributed by atoms with Crippen molar-refractivity contribution in [3.05, 3.63) is 34.3 Å². The molecule has 1 aromatic heterocycles. The number of halogens is 2. The maximum atomic E-state index is 13.8. The van der Waals surface area contributed by atoms with Gasteiger partial charge in [0.25, 0.3) is 0 Å². The predicted molar refractivity (Wildman–Crippen MR) is 88.7 cm³/mol. The first-order valence-corrected chi connectivity index (χ1v) is 7.91. The first-order chi connectivity index (χ1) is 9.81. The molecule has 0 unspecified atom stereocenters. The molecule has 2 rings (SSSR count). The molecule has 0 fully saturated rings. The molecule has 2 aromatic rings. The summed E-state index contributed by atoms with van der Waals surface area (Å²) in [5, 5.41) is 0. The Morgan fingerprint density at radius 3 is 2.48 bits per heavy atom. The highest BCUT2D eigenvalue weighted by atomic mass is 79.9. The van der Waals surface area contributed by atoms with Crippen LogP contribution in [0.15, 0.2) is 22.7 Å². The minimum absolute atomic E-state index is 0.264. The minimum atomic E-state index is -0.309. The summed E-state index contributed by atoms with van der Waals surface area (Å²) in [4.78, 5) is 4.66. The van der Waals surface area contributed by atoms with Gasteiger partial charge in [0, 0.05) is 18.0 Å². The Morgan fingerprint density at radius 2 is 1.95 bits per heavy atom. The van der Waals surface area contributed by atoms with E-state index in [1.165, 1.54) is 6.07 Å². The fourth-order valence-corrected chi connectivity index (χ4v) is 2.58. The quantitative estimate of drug-likeness (QED) is 0.856. The normalized spacial score (nSPS) is 11.6. The summed E-state index contributed by atoms with van der Waals surface area (Å²) in [6.45, 7) is 9.27. The van der Waals surface area contributed by atoms with Crippen LogP contribution in [0.4, 0.5) is 10.2 Å². The average molecular weight is 354 g/mol. The minimum Gasteiger partial charge on any atom is -0.383 e. The number of nitrogens with zero attached hydrogens (tertiary/aromatic N) is 2. The van der Waals surface area contributed by atoms with Crippen molar-refractivity contribution in [3.8, 4) is 11.3 Å². The highest BCUT2D eigenvalue weighted by molar-refractivity contribution is 9.10. The van der Waals surface area contributed by atoms with E-state index in [0.717, 1.165) is 12.4 Å². The van der Waals surface area contributed by atoms with Crippen LogP contribution in [0, 0.1) is 11.7 Å². The Morgan fingerprint density at radius 1 is 1.29 bits per heavy atom. The van der Waals surface area contributed by atoms with Crippen LogP contribution in [-0.4, -0.2) is 9.55 Å². The van der Waals surface area contributed by atoms with Crippen molar-refractivity contribution in [1.29, 1.82) is 0 Å². The van der Waals surface area contributed by atoms with E-state index >= 15 is 0 Å². The van der Waals surface area contributed by atoms with E-state index in [0.29, 0.717) is 27.5 Å². The van der Waals surface area contributed by atoms with Gasteiger partial charge in [-0.05, 0) is 34.0 Å². The fraction of sp³-hybridized carbons (Fsp3) is 0.438. The van der Waals surface area contributed by atoms with Crippen LogP contribution in [0.3, 0.4) is 0 Å². The van der Waals surface area contributed by atoms with Gasteiger partial charge in [-0.3, -0.25) is 0 Å².